The molecule has 1 aliphatic rings. The maximum atomic E-state index is 13.1. The van der Waals surface area contributed by atoms with E-state index in [1.165, 1.54) is 24.4 Å². The van der Waals surface area contributed by atoms with E-state index in [0.717, 1.165) is 0 Å². The first kappa shape index (κ1) is 19.4. The second-order valence-corrected chi connectivity index (χ2v) is 7.53. The highest BCUT2D eigenvalue weighted by atomic mass is 19.3. The van der Waals surface area contributed by atoms with Crippen LogP contribution >= 0.6 is 0 Å². The lowest BCUT2D eigenvalue weighted by Crippen LogP contribution is -2.41. The number of nitrogens with zero attached hydrogens (tertiary/aromatic N) is 1. The maximum Gasteiger partial charge on any atom is 0.494 e. The molecule has 2 aromatic rings. The van der Waals surface area contributed by atoms with Crippen LogP contribution in [0.3, 0.4) is 0 Å². The number of primary amides is 1. The van der Waals surface area contributed by atoms with Crippen LogP contribution in [0.4, 0.5) is 8.78 Å². The van der Waals surface area contributed by atoms with E-state index < -0.39 is 30.7 Å². The monoisotopic (exact) mass is 374 g/mol. The van der Waals surface area contributed by atoms with Crippen LogP contribution in [0.1, 0.15) is 50.0 Å². The summed E-state index contributed by atoms with van der Waals surface area (Å²) in [6.45, 7) is 7.72. The van der Waals surface area contributed by atoms with E-state index in [1.54, 1.807) is 12.1 Å². The third-order valence-electron chi connectivity index (χ3n) is 5.15. The maximum absolute atomic E-state index is 13.1. The van der Waals surface area contributed by atoms with Gasteiger partial charge in [-0.15, -0.1) is 0 Å². The van der Waals surface area contributed by atoms with Gasteiger partial charge in [0.05, 0.1) is 16.9 Å². The van der Waals surface area contributed by atoms with E-state index in [9.17, 15) is 13.6 Å². The van der Waals surface area contributed by atoms with Crippen LogP contribution in [0.15, 0.2) is 36.5 Å². The average molecular weight is 374 g/mol. The molecule has 0 spiro atoms. The van der Waals surface area contributed by atoms with Gasteiger partial charge in [-0.2, -0.15) is 0 Å². The van der Waals surface area contributed by atoms with E-state index in [2.05, 4.69) is 4.98 Å². The van der Waals surface area contributed by atoms with E-state index in [0.29, 0.717) is 11.0 Å². The highest BCUT2D eigenvalue weighted by Gasteiger charge is 2.51. The molecule has 0 bridgehead atoms. The second kappa shape index (κ2) is 6.69. The van der Waals surface area contributed by atoms with Crippen molar-refractivity contribution in [1.29, 1.82) is 0 Å². The van der Waals surface area contributed by atoms with Gasteiger partial charge in [0, 0.05) is 22.9 Å². The summed E-state index contributed by atoms with van der Waals surface area (Å²) in [7, 11) is -0.658. The number of hydrogen-bond acceptors (Lipinski definition) is 4. The van der Waals surface area contributed by atoms with Crippen LogP contribution in [0.25, 0.3) is 11.3 Å². The van der Waals surface area contributed by atoms with Gasteiger partial charge in [0.15, 0.2) is 0 Å². The smallest absolute Gasteiger partial charge is 0.399 e. The first-order valence-corrected chi connectivity index (χ1v) is 8.56. The zero-order valence-corrected chi connectivity index (χ0v) is 15.6. The number of pyridine rings is 1. The minimum atomic E-state index is -2.64. The SMILES string of the molecule is CC1(C)OB(c2ccc(C(N)=O)c(-c3cc(C(F)F)ccn3)c2)OC1(C)C. The summed E-state index contributed by atoms with van der Waals surface area (Å²) >= 11 is 0. The van der Waals surface area contributed by atoms with Crippen LogP contribution < -0.4 is 11.2 Å². The summed E-state index contributed by atoms with van der Waals surface area (Å²) < 4.78 is 38.2. The summed E-state index contributed by atoms with van der Waals surface area (Å²) in [5, 5.41) is 0. The number of aromatic nitrogens is 1. The van der Waals surface area contributed by atoms with Crippen molar-refractivity contribution in [2.45, 2.75) is 45.3 Å². The van der Waals surface area contributed by atoms with E-state index >= 15 is 0 Å². The number of benzene rings is 1. The lowest BCUT2D eigenvalue weighted by atomic mass is 9.77. The van der Waals surface area contributed by atoms with Crippen LogP contribution in [-0.4, -0.2) is 29.2 Å². The van der Waals surface area contributed by atoms with Crippen molar-refractivity contribution in [3.63, 3.8) is 0 Å². The Kier molecular flexibility index (Phi) is 4.82. The van der Waals surface area contributed by atoms with Gasteiger partial charge >= 0.3 is 7.12 Å². The number of alkyl halides is 2. The number of carbonyl (C=O) groups is 1. The Morgan fingerprint density at radius 2 is 1.74 bits per heavy atom. The molecule has 0 aliphatic carbocycles. The molecule has 1 saturated heterocycles. The third-order valence-corrected chi connectivity index (χ3v) is 5.15. The van der Waals surface area contributed by atoms with Crippen LogP contribution in [-0.2, 0) is 9.31 Å². The standard InChI is InChI=1S/C19H21BF2N2O3/c1-18(2)19(3,4)27-20(26-18)12-5-6-13(17(23)25)14(10-12)15-9-11(16(21)22)7-8-24-15/h5-10,16H,1-4H3,(H2,23,25). The van der Waals surface area contributed by atoms with Gasteiger partial charge in [0.2, 0.25) is 5.91 Å². The number of nitrogens with two attached hydrogens (primary N) is 1. The molecule has 0 radical (unpaired) electrons. The van der Waals surface area contributed by atoms with E-state index in [-0.39, 0.29) is 16.8 Å². The van der Waals surface area contributed by atoms with Gasteiger partial charge in [-0.1, -0.05) is 12.1 Å². The molecule has 0 atom stereocenters. The van der Waals surface area contributed by atoms with Crippen molar-refractivity contribution in [2.75, 3.05) is 0 Å². The Balaban J connectivity index is 2.07. The topological polar surface area (TPSA) is 74.4 Å². The van der Waals surface area contributed by atoms with Gasteiger partial charge in [0.1, 0.15) is 0 Å². The molecule has 1 aliphatic heterocycles. The minimum absolute atomic E-state index is 0.184. The summed E-state index contributed by atoms with van der Waals surface area (Å²) in [5.74, 6) is -0.672. The number of halogens is 2. The van der Waals surface area contributed by atoms with Crippen molar-refractivity contribution in [2.24, 2.45) is 5.73 Å². The quantitative estimate of drug-likeness (QED) is 0.835. The lowest BCUT2D eigenvalue weighted by molar-refractivity contribution is 0.00578. The molecule has 1 aromatic heterocycles. The predicted octanol–water partition coefficient (Wildman–Crippen LogP) is 3.08. The Morgan fingerprint density at radius 1 is 1.11 bits per heavy atom. The molecule has 1 fully saturated rings. The Hall–Kier alpha value is -2.32. The summed E-state index contributed by atoms with van der Waals surface area (Å²) in [6, 6.07) is 7.36. The molecule has 3 rings (SSSR count). The number of amides is 1. The first-order chi connectivity index (χ1) is 12.5. The van der Waals surface area contributed by atoms with E-state index in [1.807, 2.05) is 27.7 Å². The molecule has 142 valence electrons. The summed E-state index contributed by atoms with van der Waals surface area (Å²) in [6.07, 6.45) is -1.36. The van der Waals surface area contributed by atoms with Crippen LogP contribution in [0.5, 0.6) is 0 Å². The minimum Gasteiger partial charge on any atom is -0.399 e. The van der Waals surface area contributed by atoms with Gasteiger partial charge in [-0.25, -0.2) is 8.78 Å². The van der Waals surface area contributed by atoms with Crippen molar-refractivity contribution >= 4 is 18.5 Å². The second-order valence-electron chi connectivity index (χ2n) is 7.53. The molecule has 5 nitrogen and oxygen atoms in total. The molecule has 8 heteroatoms. The molecule has 1 amide bonds. The molecule has 27 heavy (non-hydrogen) atoms. The summed E-state index contributed by atoms with van der Waals surface area (Å²) in [4.78, 5) is 16.0. The molecule has 2 heterocycles. The number of rotatable bonds is 4. The largest absolute Gasteiger partial charge is 0.494 e. The zero-order valence-electron chi connectivity index (χ0n) is 15.6. The lowest BCUT2D eigenvalue weighted by Gasteiger charge is -2.32. The van der Waals surface area contributed by atoms with E-state index in [4.69, 9.17) is 15.0 Å². The van der Waals surface area contributed by atoms with Crippen LogP contribution in [0, 0.1) is 0 Å². The Labute approximate surface area is 157 Å². The zero-order chi connectivity index (χ0) is 20.0. The molecule has 0 unspecified atom stereocenters. The number of hydrogen-bond donors (Lipinski definition) is 1. The third kappa shape index (κ3) is 3.59. The molecule has 1 aromatic carbocycles. The van der Waals surface area contributed by atoms with Gasteiger partial charge in [-0.05, 0) is 51.4 Å². The van der Waals surface area contributed by atoms with Crippen molar-refractivity contribution < 1.29 is 22.9 Å². The van der Waals surface area contributed by atoms with Gasteiger partial charge in [0.25, 0.3) is 6.43 Å². The molecule has 0 saturated carbocycles. The van der Waals surface area contributed by atoms with Crippen molar-refractivity contribution in [3.05, 3.63) is 47.7 Å². The Bertz CT molecular complexity index is 871. The fourth-order valence-electron chi connectivity index (χ4n) is 2.84. The summed E-state index contributed by atoms with van der Waals surface area (Å²) in [5.41, 5.74) is 5.65. The average Bonchev–Trinajstić information content (AvgIpc) is 2.82. The Morgan fingerprint density at radius 3 is 2.30 bits per heavy atom. The highest BCUT2D eigenvalue weighted by molar-refractivity contribution is 6.62. The normalized spacial score (nSPS) is 18.1. The first-order valence-electron chi connectivity index (χ1n) is 8.56. The highest BCUT2D eigenvalue weighted by Crippen LogP contribution is 2.37. The van der Waals surface area contributed by atoms with Gasteiger partial charge < -0.3 is 15.0 Å². The molecular formula is C19H21BF2N2O3. The van der Waals surface area contributed by atoms with Crippen molar-refractivity contribution in [1.82, 2.24) is 4.98 Å². The van der Waals surface area contributed by atoms with Crippen molar-refractivity contribution in [3.8, 4) is 11.3 Å². The fourth-order valence-corrected chi connectivity index (χ4v) is 2.84. The molecule has 2 N–H and O–H groups in total. The fraction of sp³-hybridized carbons (Fsp3) is 0.368. The predicted molar refractivity (Wildman–Crippen MR) is 98.9 cm³/mol. The van der Waals surface area contributed by atoms with Gasteiger partial charge in [-0.3, -0.25) is 9.78 Å². The number of carbonyl (C=O) groups excluding carboxylic acids is 1. The molecular weight excluding hydrogens is 353 g/mol. The van der Waals surface area contributed by atoms with Crippen LogP contribution in [0.2, 0.25) is 0 Å².